The van der Waals surface area contributed by atoms with Crippen LogP contribution in [0.5, 0.6) is 0 Å². The van der Waals surface area contributed by atoms with E-state index in [-0.39, 0.29) is 18.2 Å². The molecule has 1 aliphatic rings. The van der Waals surface area contributed by atoms with Crippen molar-refractivity contribution in [2.75, 3.05) is 13.7 Å². The van der Waals surface area contributed by atoms with Gasteiger partial charge in [0.25, 0.3) is 0 Å². The fourth-order valence-electron chi connectivity index (χ4n) is 3.06. The first kappa shape index (κ1) is 14.5. The minimum Gasteiger partial charge on any atom is -0.377 e. The van der Waals surface area contributed by atoms with E-state index in [4.69, 9.17) is 10.5 Å². The molecule has 19 heavy (non-hydrogen) atoms. The average Bonchev–Trinajstić information content (AvgIpc) is 2.98. The Morgan fingerprint density at radius 1 is 1.63 bits per heavy atom. The highest BCUT2D eigenvalue weighted by Gasteiger charge is 2.35. The van der Waals surface area contributed by atoms with E-state index in [0.717, 1.165) is 19.4 Å². The van der Waals surface area contributed by atoms with E-state index in [1.54, 1.807) is 0 Å². The van der Waals surface area contributed by atoms with E-state index < -0.39 is 0 Å². The largest absolute Gasteiger partial charge is 0.377 e. The van der Waals surface area contributed by atoms with E-state index in [1.807, 2.05) is 17.9 Å². The van der Waals surface area contributed by atoms with Crippen molar-refractivity contribution in [1.29, 1.82) is 0 Å². The van der Waals surface area contributed by atoms with Crippen LogP contribution >= 0.6 is 0 Å². The minimum atomic E-state index is 0.113. The normalized spacial score (nSPS) is 26.8. The van der Waals surface area contributed by atoms with Gasteiger partial charge in [-0.05, 0) is 26.8 Å². The van der Waals surface area contributed by atoms with Crippen LogP contribution in [0, 0.1) is 0 Å². The molecule has 0 aliphatic carbocycles. The summed E-state index contributed by atoms with van der Waals surface area (Å²) in [5, 5.41) is 4.29. The number of likely N-dealkylation sites (N-methyl/N-ethyl adjacent to an activating group) is 1. The number of nitrogens with zero attached hydrogens (tertiary/aromatic N) is 3. The molecule has 1 fully saturated rings. The summed E-state index contributed by atoms with van der Waals surface area (Å²) in [6, 6.07) is 0.748. The lowest BCUT2D eigenvalue weighted by molar-refractivity contribution is 0.0608. The first-order valence-electron chi connectivity index (χ1n) is 7.12. The third-order valence-corrected chi connectivity index (χ3v) is 4.24. The van der Waals surface area contributed by atoms with Crippen LogP contribution in [0.25, 0.3) is 0 Å². The number of hydrogen-bond acceptors (Lipinski definition) is 4. The quantitative estimate of drug-likeness (QED) is 0.873. The first-order chi connectivity index (χ1) is 9.04. The maximum atomic E-state index is 6.35. The third kappa shape index (κ3) is 2.99. The molecule has 0 aromatic carbocycles. The topological polar surface area (TPSA) is 56.3 Å². The van der Waals surface area contributed by atoms with Crippen molar-refractivity contribution in [3.8, 4) is 0 Å². The van der Waals surface area contributed by atoms with Gasteiger partial charge in [-0.15, -0.1) is 0 Å². The molecule has 0 saturated carbocycles. The standard InChI is InChI=1S/C14H26N4O/c1-5-12(15)14(11-8-16-17(3)9-11)18(4)13-6-7-19-10(13)2/h8-10,12-14H,5-7,15H2,1-4H3. The summed E-state index contributed by atoms with van der Waals surface area (Å²) >= 11 is 0. The fourth-order valence-corrected chi connectivity index (χ4v) is 3.06. The van der Waals surface area contributed by atoms with Gasteiger partial charge < -0.3 is 10.5 Å². The van der Waals surface area contributed by atoms with Gasteiger partial charge in [0.15, 0.2) is 0 Å². The zero-order valence-electron chi connectivity index (χ0n) is 12.4. The van der Waals surface area contributed by atoms with Crippen LogP contribution in [-0.2, 0) is 11.8 Å². The molecule has 0 amide bonds. The Balaban J connectivity index is 2.22. The molecule has 1 saturated heterocycles. The molecule has 2 rings (SSSR count). The Hall–Kier alpha value is -0.910. The molecule has 108 valence electrons. The van der Waals surface area contributed by atoms with Gasteiger partial charge in [0.05, 0.1) is 18.3 Å². The van der Waals surface area contributed by atoms with Crippen LogP contribution in [0.15, 0.2) is 12.4 Å². The molecule has 1 aromatic rings. The van der Waals surface area contributed by atoms with E-state index in [2.05, 4.69) is 37.1 Å². The van der Waals surface area contributed by atoms with Gasteiger partial charge in [-0.25, -0.2) is 0 Å². The van der Waals surface area contributed by atoms with Crippen molar-refractivity contribution < 1.29 is 4.74 Å². The van der Waals surface area contributed by atoms with Gasteiger partial charge in [0.1, 0.15) is 0 Å². The molecular formula is C14H26N4O. The van der Waals surface area contributed by atoms with Crippen molar-refractivity contribution >= 4 is 0 Å². The molecule has 0 spiro atoms. The van der Waals surface area contributed by atoms with Crippen molar-refractivity contribution in [3.63, 3.8) is 0 Å². The minimum absolute atomic E-state index is 0.113. The van der Waals surface area contributed by atoms with E-state index in [1.165, 1.54) is 5.56 Å². The predicted octanol–water partition coefficient (Wildman–Crippen LogP) is 1.31. The summed E-state index contributed by atoms with van der Waals surface area (Å²) in [7, 11) is 4.10. The highest BCUT2D eigenvalue weighted by Crippen LogP contribution is 2.30. The van der Waals surface area contributed by atoms with Gasteiger partial charge in [-0.1, -0.05) is 6.92 Å². The Kier molecular flexibility index (Phi) is 4.60. The summed E-state index contributed by atoms with van der Waals surface area (Å²) in [5.74, 6) is 0. The van der Waals surface area contributed by atoms with Gasteiger partial charge in [0.2, 0.25) is 0 Å². The number of aryl methyl sites for hydroxylation is 1. The van der Waals surface area contributed by atoms with Gasteiger partial charge in [-0.3, -0.25) is 9.58 Å². The number of nitrogens with two attached hydrogens (primary N) is 1. The molecule has 1 aliphatic heterocycles. The van der Waals surface area contributed by atoms with Crippen LogP contribution in [0.2, 0.25) is 0 Å². The van der Waals surface area contributed by atoms with Crippen molar-refractivity contribution in [2.24, 2.45) is 12.8 Å². The van der Waals surface area contributed by atoms with Crippen molar-refractivity contribution in [2.45, 2.75) is 50.9 Å². The predicted molar refractivity (Wildman–Crippen MR) is 75.8 cm³/mol. The lowest BCUT2D eigenvalue weighted by Crippen LogP contribution is -2.46. The van der Waals surface area contributed by atoms with E-state index in [9.17, 15) is 0 Å². The van der Waals surface area contributed by atoms with Crippen LogP contribution in [-0.4, -0.2) is 46.5 Å². The van der Waals surface area contributed by atoms with Crippen LogP contribution < -0.4 is 5.73 Å². The maximum Gasteiger partial charge on any atom is 0.0703 e. The average molecular weight is 266 g/mol. The van der Waals surface area contributed by atoms with Crippen molar-refractivity contribution in [1.82, 2.24) is 14.7 Å². The van der Waals surface area contributed by atoms with Gasteiger partial charge in [0, 0.05) is 37.5 Å². The van der Waals surface area contributed by atoms with Gasteiger partial charge >= 0.3 is 0 Å². The van der Waals surface area contributed by atoms with Crippen LogP contribution in [0.1, 0.15) is 38.3 Å². The molecule has 1 aromatic heterocycles. The Morgan fingerprint density at radius 2 is 2.37 bits per heavy atom. The van der Waals surface area contributed by atoms with Crippen LogP contribution in [0.4, 0.5) is 0 Å². The number of rotatable bonds is 5. The summed E-state index contributed by atoms with van der Waals surface area (Å²) in [6.45, 7) is 5.12. The summed E-state index contributed by atoms with van der Waals surface area (Å²) < 4.78 is 7.53. The highest BCUT2D eigenvalue weighted by molar-refractivity contribution is 5.14. The first-order valence-corrected chi connectivity index (χ1v) is 7.12. The van der Waals surface area contributed by atoms with Gasteiger partial charge in [-0.2, -0.15) is 5.10 Å². The monoisotopic (exact) mass is 266 g/mol. The lowest BCUT2D eigenvalue weighted by atomic mass is 9.96. The van der Waals surface area contributed by atoms with Crippen molar-refractivity contribution in [3.05, 3.63) is 18.0 Å². The molecule has 2 N–H and O–H groups in total. The van der Waals surface area contributed by atoms with E-state index >= 15 is 0 Å². The zero-order valence-corrected chi connectivity index (χ0v) is 12.4. The second-order valence-electron chi connectivity index (χ2n) is 5.56. The Bertz CT molecular complexity index is 406. The fraction of sp³-hybridized carbons (Fsp3) is 0.786. The highest BCUT2D eigenvalue weighted by atomic mass is 16.5. The molecule has 4 atom stereocenters. The Labute approximate surface area is 115 Å². The lowest BCUT2D eigenvalue weighted by Gasteiger charge is -2.37. The summed E-state index contributed by atoms with van der Waals surface area (Å²) in [5.41, 5.74) is 7.55. The van der Waals surface area contributed by atoms with Crippen LogP contribution in [0.3, 0.4) is 0 Å². The zero-order chi connectivity index (χ0) is 14.0. The molecule has 2 heterocycles. The summed E-state index contributed by atoms with van der Waals surface area (Å²) in [4.78, 5) is 2.38. The SMILES string of the molecule is CCC(N)C(c1cnn(C)c1)N(C)C1CCOC1C. The molecule has 4 unspecified atom stereocenters. The number of hydrogen-bond donors (Lipinski definition) is 1. The second-order valence-corrected chi connectivity index (χ2v) is 5.56. The molecule has 0 radical (unpaired) electrons. The number of ether oxygens (including phenoxy) is 1. The number of aromatic nitrogens is 2. The molecule has 5 heteroatoms. The second kappa shape index (κ2) is 6.03. The molecule has 0 bridgehead atoms. The molecule has 5 nitrogen and oxygen atoms in total. The Morgan fingerprint density at radius 3 is 2.84 bits per heavy atom. The molecular weight excluding hydrogens is 240 g/mol. The summed E-state index contributed by atoms with van der Waals surface area (Å²) in [6.07, 6.45) is 6.29. The van der Waals surface area contributed by atoms with E-state index in [0.29, 0.717) is 6.04 Å². The third-order valence-electron chi connectivity index (χ3n) is 4.24. The maximum absolute atomic E-state index is 6.35. The smallest absolute Gasteiger partial charge is 0.0703 e.